The van der Waals surface area contributed by atoms with E-state index in [9.17, 15) is 4.79 Å². The molecule has 86 valence electrons. The molecule has 0 aliphatic rings. The molecule has 0 fully saturated rings. The van der Waals surface area contributed by atoms with Crippen LogP contribution in [0.15, 0.2) is 35.9 Å². The van der Waals surface area contributed by atoms with Gasteiger partial charge in [-0.2, -0.15) is 0 Å². The normalized spacial score (nSPS) is 11.1. The summed E-state index contributed by atoms with van der Waals surface area (Å²) < 4.78 is 5.02. The molecular weight excluding hydrogens is 202 g/mol. The molecule has 1 amide bonds. The van der Waals surface area contributed by atoms with Gasteiger partial charge in [-0.05, 0) is 38.1 Å². The second kappa shape index (κ2) is 5.95. The Hall–Kier alpha value is -1.77. The highest BCUT2D eigenvalue weighted by molar-refractivity contribution is 5.94. The first kappa shape index (κ1) is 12.3. The van der Waals surface area contributed by atoms with E-state index in [1.54, 1.807) is 31.4 Å². The molecule has 0 heterocycles. The lowest BCUT2D eigenvalue weighted by Gasteiger charge is -2.06. The third-order valence-electron chi connectivity index (χ3n) is 2.37. The van der Waals surface area contributed by atoms with Crippen molar-refractivity contribution in [1.82, 2.24) is 5.32 Å². The van der Waals surface area contributed by atoms with E-state index in [4.69, 9.17) is 4.74 Å². The molecule has 0 saturated heterocycles. The molecule has 0 radical (unpaired) electrons. The lowest BCUT2D eigenvalue weighted by molar-refractivity contribution is 0.0957. The number of carbonyl (C=O) groups excluding carboxylic acids is 1. The minimum absolute atomic E-state index is 0.0659. The van der Waals surface area contributed by atoms with Crippen LogP contribution in [0, 0.1) is 0 Å². The molecule has 16 heavy (non-hydrogen) atoms. The Kier molecular flexibility index (Phi) is 4.58. The quantitative estimate of drug-likeness (QED) is 0.790. The summed E-state index contributed by atoms with van der Waals surface area (Å²) in [6.45, 7) is 4.52. The van der Waals surface area contributed by atoms with Crippen molar-refractivity contribution in [3.63, 3.8) is 0 Å². The average Bonchev–Trinajstić information content (AvgIpc) is 2.35. The number of amides is 1. The van der Waals surface area contributed by atoms with Gasteiger partial charge in [-0.25, -0.2) is 0 Å². The van der Waals surface area contributed by atoms with Crippen LogP contribution in [-0.2, 0) is 0 Å². The lowest BCUT2D eigenvalue weighted by atomic mass is 10.2. The van der Waals surface area contributed by atoms with Gasteiger partial charge in [0.25, 0.3) is 5.91 Å². The Bertz CT molecular complexity index is 379. The highest BCUT2D eigenvalue weighted by Crippen LogP contribution is 2.11. The van der Waals surface area contributed by atoms with Gasteiger partial charge in [0.1, 0.15) is 5.75 Å². The van der Waals surface area contributed by atoms with Crippen molar-refractivity contribution in [3.05, 3.63) is 41.5 Å². The minimum atomic E-state index is -0.0659. The van der Waals surface area contributed by atoms with Crippen LogP contribution in [0.3, 0.4) is 0 Å². The zero-order chi connectivity index (χ0) is 12.0. The first-order valence-electron chi connectivity index (χ1n) is 5.21. The van der Waals surface area contributed by atoms with E-state index in [1.807, 2.05) is 19.9 Å². The van der Waals surface area contributed by atoms with Crippen LogP contribution in [0.25, 0.3) is 0 Å². The zero-order valence-electron chi connectivity index (χ0n) is 9.91. The summed E-state index contributed by atoms with van der Waals surface area (Å²) >= 11 is 0. The van der Waals surface area contributed by atoms with Crippen molar-refractivity contribution in [2.75, 3.05) is 13.7 Å². The maximum atomic E-state index is 11.7. The third-order valence-corrected chi connectivity index (χ3v) is 2.37. The number of allylic oxidation sites excluding steroid dienone is 1. The molecule has 3 heteroatoms. The highest BCUT2D eigenvalue weighted by atomic mass is 16.5. The van der Waals surface area contributed by atoms with Crippen LogP contribution in [0.1, 0.15) is 24.2 Å². The fraction of sp³-hybridized carbons (Fsp3) is 0.308. The van der Waals surface area contributed by atoms with Gasteiger partial charge >= 0.3 is 0 Å². The van der Waals surface area contributed by atoms with Crippen molar-refractivity contribution in [3.8, 4) is 5.75 Å². The van der Waals surface area contributed by atoms with Crippen molar-refractivity contribution in [2.45, 2.75) is 13.8 Å². The van der Waals surface area contributed by atoms with Crippen LogP contribution in [0.4, 0.5) is 0 Å². The second-order valence-corrected chi connectivity index (χ2v) is 3.55. The largest absolute Gasteiger partial charge is 0.497 e. The maximum absolute atomic E-state index is 11.7. The van der Waals surface area contributed by atoms with Gasteiger partial charge in [-0.15, -0.1) is 0 Å². The predicted octanol–water partition coefficient (Wildman–Crippen LogP) is 2.39. The van der Waals surface area contributed by atoms with Crippen LogP contribution in [0.5, 0.6) is 5.75 Å². The van der Waals surface area contributed by atoms with E-state index in [-0.39, 0.29) is 5.91 Å². The Labute approximate surface area is 96.1 Å². The van der Waals surface area contributed by atoms with Gasteiger partial charge in [-0.1, -0.05) is 11.6 Å². The minimum Gasteiger partial charge on any atom is -0.497 e. The summed E-state index contributed by atoms with van der Waals surface area (Å²) in [5.74, 6) is 0.685. The van der Waals surface area contributed by atoms with Crippen LogP contribution in [-0.4, -0.2) is 19.6 Å². The van der Waals surface area contributed by atoms with Gasteiger partial charge in [0.2, 0.25) is 0 Å². The molecule has 0 aliphatic heterocycles. The molecule has 0 saturated carbocycles. The molecule has 0 atom stereocenters. The molecule has 1 N–H and O–H groups in total. The van der Waals surface area contributed by atoms with Gasteiger partial charge < -0.3 is 10.1 Å². The Morgan fingerprint density at radius 2 is 2.00 bits per heavy atom. The molecule has 0 spiro atoms. The van der Waals surface area contributed by atoms with Crippen molar-refractivity contribution in [2.24, 2.45) is 0 Å². The molecule has 0 aliphatic carbocycles. The first-order valence-corrected chi connectivity index (χ1v) is 5.21. The molecule has 3 nitrogen and oxygen atoms in total. The van der Waals surface area contributed by atoms with Crippen LogP contribution < -0.4 is 10.1 Å². The molecule has 0 bridgehead atoms. The van der Waals surface area contributed by atoms with E-state index in [0.29, 0.717) is 12.1 Å². The van der Waals surface area contributed by atoms with E-state index in [2.05, 4.69) is 5.32 Å². The number of nitrogens with one attached hydrogen (secondary N) is 1. The smallest absolute Gasteiger partial charge is 0.251 e. The molecule has 0 unspecified atom stereocenters. The predicted molar refractivity (Wildman–Crippen MR) is 64.8 cm³/mol. The Morgan fingerprint density at radius 1 is 1.38 bits per heavy atom. The summed E-state index contributed by atoms with van der Waals surface area (Å²) in [6.07, 6.45) is 1.98. The number of ether oxygens (including phenoxy) is 1. The number of hydrogen-bond donors (Lipinski definition) is 1. The zero-order valence-corrected chi connectivity index (χ0v) is 9.91. The van der Waals surface area contributed by atoms with Gasteiger partial charge in [0, 0.05) is 12.1 Å². The van der Waals surface area contributed by atoms with E-state index >= 15 is 0 Å². The second-order valence-electron chi connectivity index (χ2n) is 3.55. The number of rotatable bonds is 4. The topological polar surface area (TPSA) is 38.3 Å². The number of hydrogen-bond acceptors (Lipinski definition) is 2. The SMILES string of the molecule is C/C=C(\C)CNC(=O)c1ccc(OC)cc1. The Morgan fingerprint density at radius 3 is 2.50 bits per heavy atom. The summed E-state index contributed by atoms with van der Waals surface area (Å²) in [5, 5.41) is 2.84. The number of benzene rings is 1. The van der Waals surface area contributed by atoms with Crippen LogP contribution >= 0.6 is 0 Å². The van der Waals surface area contributed by atoms with Gasteiger partial charge in [0.05, 0.1) is 7.11 Å². The first-order chi connectivity index (χ1) is 7.67. The average molecular weight is 219 g/mol. The van der Waals surface area contributed by atoms with Gasteiger partial charge in [-0.3, -0.25) is 4.79 Å². The van der Waals surface area contributed by atoms with Crippen molar-refractivity contribution >= 4 is 5.91 Å². The molecular formula is C13H17NO2. The maximum Gasteiger partial charge on any atom is 0.251 e. The standard InChI is InChI=1S/C13H17NO2/c1-4-10(2)9-14-13(15)11-5-7-12(16-3)8-6-11/h4-8H,9H2,1-3H3,(H,14,15)/b10-4+. The Balaban J connectivity index is 2.59. The molecule has 1 aromatic carbocycles. The summed E-state index contributed by atoms with van der Waals surface area (Å²) in [6, 6.07) is 7.05. The summed E-state index contributed by atoms with van der Waals surface area (Å²) in [5.41, 5.74) is 1.78. The highest BCUT2D eigenvalue weighted by Gasteiger charge is 2.04. The third kappa shape index (κ3) is 3.42. The number of carbonyl (C=O) groups is 1. The molecule has 1 rings (SSSR count). The fourth-order valence-electron chi connectivity index (χ4n) is 1.17. The molecule has 1 aromatic rings. The monoisotopic (exact) mass is 219 g/mol. The van der Waals surface area contributed by atoms with E-state index in [1.165, 1.54) is 0 Å². The van der Waals surface area contributed by atoms with E-state index < -0.39 is 0 Å². The summed E-state index contributed by atoms with van der Waals surface area (Å²) in [4.78, 5) is 11.7. The molecule has 0 aromatic heterocycles. The van der Waals surface area contributed by atoms with Crippen LogP contribution in [0.2, 0.25) is 0 Å². The lowest BCUT2D eigenvalue weighted by Crippen LogP contribution is -2.24. The van der Waals surface area contributed by atoms with E-state index in [0.717, 1.165) is 11.3 Å². The van der Waals surface area contributed by atoms with Crippen molar-refractivity contribution < 1.29 is 9.53 Å². The number of methoxy groups -OCH3 is 1. The summed E-state index contributed by atoms with van der Waals surface area (Å²) in [7, 11) is 1.60. The van der Waals surface area contributed by atoms with Crippen molar-refractivity contribution in [1.29, 1.82) is 0 Å². The fourth-order valence-corrected chi connectivity index (χ4v) is 1.17. The van der Waals surface area contributed by atoms with Gasteiger partial charge in [0.15, 0.2) is 0 Å².